The fourth-order valence-electron chi connectivity index (χ4n) is 0.510. The minimum atomic E-state index is 0. The molecule has 0 aromatic rings. The van der Waals surface area contributed by atoms with Gasteiger partial charge in [0.05, 0.1) is 0 Å². The first-order valence-corrected chi connectivity index (χ1v) is 2.08. The molecule has 9 heavy (non-hydrogen) atoms. The summed E-state index contributed by atoms with van der Waals surface area (Å²) in [7, 11) is 0. The molecule has 1 saturated heterocycles. The molecule has 0 aromatic heterocycles. The molecule has 1 aliphatic rings. The normalized spacial score (nSPS) is 13.3. The van der Waals surface area contributed by atoms with Gasteiger partial charge < -0.3 is 29.6 Å². The molecule has 46 valence electrons. The molecule has 0 spiro atoms. The molecular formula is C4H8Cl2Li2O. The summed E-state index contributed by atoms with van der Waals surface area (Å²) in [4.78, 5) is 0. The summed E-state index contributed by atoms with van der Waals surface area (Å²) < 4.78 is 4.94. The van der Waals surface area contributed by atoms with E-state index in [1.165, 1.54) is 12.8 Å². The minimum Gasteiger partial charge on any atom is -1.00 e. The quantitative estimate of drug-likeness (QED) is 0.317. The number of ether oxygens (including phenoxy) is 1. The summed E-state index contributed by atoms with van der Waals surface area (Å²) in [5, 5.41) is 0. The van der Waals surface area contributed by atoms with Gasteiger partial charge in [-0.3, -0.25) is 0 Å². The predicted octanol–water partition coefficient (Wildman–Crippen LogP) is -11.2. The summed E-state index contributed by atoms with van der Waals surface area (Å²) in [5.74, 6) is 0. The molecule has 0 radical (unpaired) electrons. The van der Waals surface area contributed by atoms with E-state index in [9.17, 15) is 0 Å². The third kappa shape index (κ3) is 12.8. The second-order valence-electron chi connectivity index (χ2n) is 1.32. The molecule has 0 saturated carbocycles. The van der Waals surface area contributed by atoms with E-state index in [2.05, 4.69) is 0 Å². The van der Waals surface area contributed by atoms with Crippen LogP contribution in [0.1, 0.15) is 12.8 Å². The smallest absolute Gasteiger partial charge is 1.00 e. The Morgan fingerprint density at radius 1 is 0.778 bits per heavy atom. The van der Waals surface area contributed by atoms with Crippen LogP contribution in [0.3, 0.4) is 0 Å². The van der Waals surface area contributed by atoms with Crippen LogP contribution in [-0.4, -0.2) is 13.2 Å². The van der Waals surface area contributed by atoms with Gasteiger partial charge in [0.1, 0.15) is 0 Å². The largest absolute Gasteiger partial charge is 1.00 e. The van der Waals surface area contributed by atoms with Crippen molar-refractivity contribution in [3.63, 3.8) is 0 Å². The van der Waals surface area contributed by atoms with Gasteiger partial charge in [0.2, 0.25) is 0 Å². The third-order valence-electron chi connectivity index (χ3n) is 0.827. The summed E-state index contributed by atoms with van der Waals surface area (Å²) in [6.45, 7) is 2.00. The van der Waals surface area contributed by atoms with Crippen LogP contribution in [-0.2, 0) is 4.74 Å². The molecule has 0 aromatic carbocycles. The first kappa shape index (κ1) is 22.4. The Morgan fingerprint density at radius 3 is 1.22 bits per heavy atom. The van der Waals surface area contributed by atoms with Gasteiger partial charge in [0.25, 0.3) is 0 Å². The molecule has 1 rings (SSSR count). The maximum absolute atomic E-state index is 4.94. The van der Waals surface area contributed by atoms with Gasteiger partial charge in [0.15, 0.2) is 0 Å². The van der Waals surface area contributed by atoms with Crippen molar-refractivity contribution in [2.75, 3.05) is 13.2 Å². The van der Waals surface area contributed by atoms with Crippen LogP contribution < -0.4 is 62.5 Å². The van der Waals surface area contributed by atoms with Gasteiger partial charge in [-0.05, 0) is 12.8 Å². The van der Waals surface area contributed by atoms with Crippen molar-refractivity contribution >= 4 is 0 Å². The van der Waals surface area contributed by atoms with Crippen molar-refractivity contribution < 1.29 is 67.3 Å². The molecule has 0 unspecified atom stereocenters. The molecule has 0 atom stereocenters. The Labute approximate surface area is 92.8 Å². The number of hydrogen-bond acceptors (Lipinski definition) is 1. The topological polar surface area (TPSA) is 9.23 Å². The maximum atomic E-state index is 4.94. The van der Waals surface area contributed by atoms with Crippen molar-refractivity contribution in [1.29, 1.82) is 0 Å². The van der Waals surface area contributed by atoms with Crippen LogP contribution in [0.25, 0.3) is 0 Å². The van der Waals surface area contributed by atoms with Crippen LogP contribution in [0.2, 0.25) is 0 Å². The standard InChI is InChI=1S/C4H8O.2ClH.2Li/c1-2-4-5-3-1;;;;/h1-4H2;2*1H;;/q;;;2*+1/p-2. The molecule has 0 amide bonds. The van der Waals surface area contributed by atoms with Crippen LogP contribution in [0.15, 0.2) is 0 Å². The zero-order chi connectivity index (χ0) is 3.54. The molecule has 1 aliphatic heterocycles. The van der Waals surface area contributed by atoms with Crippen molar-refractivity contribution in [1.82, 2.24) is 0 Å². The van der Waals surface area contributed by atoms with Crippen molar-refractivity contribution in [2.24, 2.45) is 0 Å². The van der Waals surface area contributed by atoms with E-state index < -0.39 is 0 Å². The van der Waals surface area contributed by atoms with E-state index in [-0.39, 0.29) is 62.5 Å². The Kier molecular flexibility index (Phi) is 40.8. The fraction of sp³-hybridized carbons (Fsp3) is 1.00. The van der Waals surface area contributed by atoms with E-state index in [4.69, 9.17) is 4.74 Å². The molecule has 5 heteroatoms. The van der Waals surface area contributed by atoms with E-state index >= 15 is 0 Å². The molecule has 0 aliphatic carbocycles. The van der Waals surface area contributed by atoms with Crippen molar-refractivity contribution in [3.05, 3.63) is 0 Å². The van der Waals surface area contributed by atoms with Gasteiger partial charge in [-0.25, -0.2) is 0 Å². The Balaban J connectivity index is -0.0000000312. The first-order valence-electron chi connectivity index (χ1n) is 2.08. The molecule has 0 bridgehead atoms. The maximum Gasteiger partial charge on any atom is 1.00 e. The van der Waals surface area contributed by atoms with E-state index in [0.29, 0.717) is 0 Å². The summed E-state index contributed by atoms with van der Waals surface area (Å²) >= 11 is 0. The molecule has 1 fully saturated rings. The number of halogens is 2. The average molecular weight is 157 g/mol. The van der Waals surface area contributed by atoms with E-state index in [0.717, 1.165) is 13.2 Å². The SMILES string of the molecule is C1CCOC1.[Cl-].[Cl-].[Li+].[Li+]. The summed E-state index contributed by atoms with van der Waals surface area (Å²) in [6.07, 6.45) is 2.56. The van der Waals surface area contributed by atoms with E-state index in [1.807, 2.05) is 0 Å². The Hall–Kier alpha value is 1.73. The van der Waals surface area contributed by atoms with Crippen LogP contribution in [0, 0.1) is 0 Å². The third-order valence-corrected chi connectivity index (χ3v) is 0.827. The van der Waals surface area contributed by atoms with Gasteiger partial charge in [-0.1, -0.05) is 0 Å². The fourth-order valence-corrected chi connectivity index (χ4v) is 0.510. The first-order chi connectivity index (χ1) is 2.50. The summed E-state index contributed by atoms with van der Waals surface area (Å²) in [6, 6.07) is 0. The van der Waals surface area contributed by atoms with Crippen molar-refractivity contribution in [2.45, 2.75) is 12.8 Å². The van der Waals surface area contributed by atoms with Gasteiger partial charge in [0, 0.05) is 13.2 Å². The van der Waals surface area contributed by atoms with Gasteiger partial charge in [-0.15, -0.1) is 0 Å². The van der Waals surface area contributed by atoms with Gasteiger partial charge in [-0.2, -0.15) is 0 Å². The van der Waals surface area contributed by atoms with Crippen molar-refractivity contribution in [3.8, 4) is 0 Å². The predicted molar refractivity (Wildman–Crippen MR) is 20.1 cm³/mol. The van der Waals surface area contributed by atoms with Crippen LogP contribution >= 0.6 is 0 Å². The Morgan fingerprint density at radius 2 is 1.11 bits per heavy atom. The average Bonchev–Trinajstić information content (AvgIpc) is 1.76. The second-order valence-corrected chi connectivity index (χ2v) is 1.32. The Bertz CT molecular complexity index is 28.1. The molecule has 0 N–H and O–H groups in total. The minimum absolute atomic E-state index is 0. The second kappa shape index (κ2) is 16.4. The number of hydrogen-bond donors (Lipinski definition) is 0. The monoisotopic (exact) mass is 156 g/mol. The van der Waals surface area contributed by atoms with Crippen LogP contribution in [0.5, 0.6) is 0 Å². The zero-order valence-electron chi connectivity index (χ0n) is 5.99. The van der Waals surface area contributed by atoms with Crippen LogP contribution in [0.4, 0.5) is 0 Å². The molecule has 1 nitrogen and oxygen atoms in total. The molecular weight excluding hydrogens is 149 g/mol. The number of rotatable bonds is 0. The van der Waals surface area contributed by atoms with E-state index in [1.54, 1.807) is 0 Å². The van der Waals surface area contributed by atoms with Gasteiger partial charge >= 0.3 is 37.7 Å². The summed E-state index contributed by atoms with van der Waals surface area (Å²) in [5.41, 5.74) is 0. The molecule has 1 heterocycles. The zero-order valence-corrected chi connectivity index (χ0v) is 7.50.